The maximum atomic E-state index is 14.4. The number of carbonyl (C=O) groups excluding carboxylic acids is 3. The molecular weight excluding hydrogens is 692 g/mol. The van der Waals surface area contributed by atoms with Gasteiger partial charge in [-0.05, 0) is 155 Å². The number of esters is 1. The van der Waals surface area contributed by atoms with Crippen LogP contribution in [0.4, 0.5) is 9.59 Å². The van der Waals surface area contributed by atoms with E-state index in [1.807, 2.05) is 0 Å². The molecular formula is C42H74N2O10. The molecule has 5 N–H and O–H groups in total. The van der Waals surface area contributed by atoms with E-state index in [1.165, 1.54) is 0 Å². The Bertz CT molecular complexity index is 1350. The lowest BCUT2D eigenvalue weighted by molar-refractivity contribution is -0.189. The number of aliphatic hydroxyl groups is 3. The van der Waals surface area contributed by atoms with Crippen molar-refractivity contribution < 1.29 is 48.7 Å². The number of hydrogen-bond acceptors (Lipinski definition) is 10. The van der Waals surface area contributed by atoms with Gasteiger partial charge in [0.05, 0.1) is 29.5 Å². The first-order chi connectivity index (χ1) is 24.5. The lowest BCUT2D eigenvalue weighted by Crippen LogP contribution is -2.56. The first-order valence-corrected chi connectivity index (χ1v) is 20.5. The Hall–Kier alpha value is -2.15. The number of fused-ring (bicyclic) bond motifs is 5. The Labute approximate surface area is 324 Å². The predicted molar refractivity (Wildman–Crippen MR) is 205 cm³/mol. The molecule has 11 atom stereocenters. The summed E-state index contributed by atoms with van der Waals surface area (Å²) in [6.45, 7) is 25.1. The van der Waals surface area contributed by atoms with Crippen molar-refractivity contribution in [1.29, 1.82) is 0 Å². The topological polar surface area (TPSA) is 173 Å². The van der Waals surface area contributed by atoms with Gasteiger partial charge in [0.1, 0.15) is 23.3 Å². The maximum absolute atomic E-state index is 14.4. The fraction of sp³-hybridized carbons (Fsp3) is 0.929. The number of ether oxygens (including phenoxy) is 4. The highest BCUT2D eigenvalue weighted by Crippen LogP contribution is 2.70. The molecule has 2 amide bonds. The Morgan fingerprint density at radius 2 is 1.44 bits per heavy atom. The van der Waals surface area contributed by atoms with Gasteiger partial charge in [0.15, 0.2) is 0 Å². The van der Waals surface area contributed by atoms with E-state index in [4.69, 9.17) is 18.9 Å². The summed E-state index contributed by atoms with van der Waals surface area (Å²) in [5, 5.41) is 40.0. The highest BCUT2D eigenvalue weighted by molar-refractivity contribution is 5.81. The SMILES string of the molecule is CC(C)(C)OC(=O)NCCC[C@H](NC(=O)OC(C)(C)C)C(=O)O[C@H]1C[C@@]2(C)C3CC[C@@H]([C@@H](O)C3)C(C)(C)[C@@H](O)CC[C@]2(C)[C@H]1[C@@]1(C)CC[C@@H](C(C)(C)O)O1. The third kappa shape index (κ3) is 9.68. The number of aliphatic hydroxyl groups excluding tert-OH is 2. The summed E-state index contributed by atoms with van der Waals surface area (Å²) in [4.78, 5) is 39.8. The molecule has 1 heterocycles. The third-order valence-electron chi connectivity index (χ3n) is 13.8. The highest BCUT2D eigenvalue weighted by Gasteiger charge is 2.69. The zero-order chi connectivity index (χ0) is 40.9. The molecule has 12 nitrogen and oxygen atoms in total. The molecule has 0 radical (unpaired) electrons. The lowest BCUT2D eigenvalue weighted by atomic mass is 9.49. The van der Waals surface area contributed by atoms with Crippen LogP contribution in [-0.2, 0) is 23.7 Å². The average Bonchev–Trinajstić information content (AvgIpc) is 3.51. The second-order valence-corrected chi connectivity index (χ2v) is 20.9. The molecule has 4 aliphatic carbocycles. The number of carbonyl (C=O) groups is 3. The summed E-state index contributed by atoms with van der Waals surface area (Å²) < 4.78 is 24.4. The molecule has 54 heavy (non-hydrogen) atoms. The molecule has 4 saturated carbocycles. The molecule has 2 bridgehead atoms. The molecule has 0 aromatic carbocycles. The molecule has 0 aromatic heterocycles. The fourth-order valence-corrected chi connectivity index (χ4v) is 10.8. The van der Waals surface area contributed by atoms with Crippen molar-refractivity contribution in [2.75, 3.05) is 6.54 Å². The summed E-state index contributed by atoms with van der Waals surface area (Å²) in [5.41, 5.74) is -4.71. The van der Waals surface area contributed by atoms with Gasteiger partial charge in [0, 0.05) is 12.5 Å². The van der Waals surface area contributed by atoms with Crippen molar-refractivity contribution in [3.8, 4) is 0 Å². The second-order valence-electron chi connectivity index (χ2n) is 20.9. The van der Waals surface area contributed by atoms with E-state index in [9.17, 15) is 29.7 Å². The van der Waals surface area contributed by atoms with Crippen LogP contribution in [0.25, 0.3) is 0 Å². The van der Waals surface area contributed by atoms with Crippen molar-refractivity contribution in [1.82, 2.24) is 10.6 Å². The van der Waals surface area contributed by atoms with Crippen LogP contribution in [-0.4, -0.2) is 92.9 Å². The largest absolute Gasteiger partial charge is 0.460 e. The minimum atomic E-state index is -1.08. The van der Waals surface area contributed by atoms with E-state index in [-0.39, 0.29) is 30.7 Å². The predicted octanol–water partition coefficient (Wildman–Crippen LogP) is 6.80. The second kappa shape index (κ2) is 15.7. The smallest absolute Gasteiger partial charge is 0.408 e. The molecule has 5 fully saturated rings. The lowest BCUT2D eigenvalue weighted by Gasteiger charge is -2.57. The Morgan fingerprint density at radius 1 is 0.833 bits per heavy atom. The molecule has 5 aliphatic rings. The van der Waals surface area contributed by atoms with Crippen molar-refractivity contribution in [3.63, 3.8) is 0 Å². The first kappa shape index (κ1) is 44.6. The number of nitrogens with one attached hydrogen (secondary N) is 2. The van der Waals surface area contributed by atoms with E-state index in [0.717, 1.165) is 12.8 Å². The summed E-state index contributed by atoms with van der Waals surface area (Å²) in [7, 11) is 0. The van der Waals surface area contributed by atoms with Gasteiger partial charge >= 0.3 is 18.2 Å². The van der Waals surface area contributed by atoms with Gasteiger partial charge < -0.3 is 44.9 Å². The van der Waals surface area contributed by atoms with E-state index >= 15 is 0 Å². The van der Waals surface area contributed by atoms with E-state index in [1.54, 1.807) is 55.4 Å². The highest BCUT2D eigenvalue weighted by atomic mass is 16.6. The van der Waals surface area contributed by atoms with Crippen LogP contribution < -0.4 is 10.6 Å². The Morgan fingerprint density at radius 3 is 2.00 bits per heavy atom. The van der Waals surface area contributed by atoms with Gasteiger partial charge in [-0.3, -0.25) is 0 Å². The maximum Gasteiger partial charge on any atom is 0.408 e. The minimum absolute atomic E-state index is 0.0183. The van der Waals surface area contributed by atoms with Crippen molar-refractivity contribution in [3.05, 3.63) is 0 Å². The van der Waals surface area contributed by atoms with Crippen LogP contribution in [0.1, 0.15) is 154 Å². The third-order valence-corrected chi connectivity index (χ3v) is 13.8. The van der Waals surface area contributed by atoms with Crippen LogP contribution in [0.2, 0.25) is 0 Å². The normalized spacial score (nSPS) is 37.5. The van der Waals surface area contributed by atoms with Gasteiger partial charge in [0.25, 0.3) is 0 Å². The molecule has 312 valence electrons. The molecule has 0 spiro atoms. The summed E-state index contributed by atoms with van der Waals surface area (Å²) >= 11 is 0. The number of rotatable bonds is 9. The summed E-state index contributed by atoms with van der Waals surface area (Å²) in [6.07, 6.45) is 2.20. The van der Waals surface area contributed by atoms with Crippen LogP contribution in [0.15, 0.2) is 0 Å². The zero-order valence-electron chi connectivity index (χ0n) is 35.6. The quantitative estimate of drug-likeness (QED) is 0.0955. The molecule has 12 heteroatoms. The Kier molecular flexibility index (Phi) is 12.9. The number of alkyl carbamates (subject to hydrolysis) is 2. The minimum Gasteiger partial charge on any atom is -0.460 e. The molecule has 1 aliphatic heterocycles. The number of hydrogen-bond donors (Lipinski definition) is 5. The molecule has 1 saturated heterocycles. The summed E-state index contributed by atoms with van der Waals surface area (Å²) in [5.74, 6) is -0.813. The van der Waals surface area contributed by atoms with Crippen molar-refractivity contribution in [2.45, 2.75) is 207 Å². The molecule has 5 rings (SSSR count). The zero-order valence-corrected chi connectivity index (χ0v) is 35.6. The van der Waals surface area contributed by atoms with E-state index in [2.05, 4.69) is 45.3 Å². The van der Waals surface area contributed by atoms with E-state index < -0.39 is 87.3 Å². The van der Waals surface area contributed by atoms with Gasteiger partial charge in [-0.15, -0.1) is 0 Å². The fourth-order valence-electron chi connectivity index (χ4n) is 10.8. The summed E-state index contributed by atoms with van der Waals surface area (Å²) in [6, 6.07) is -1.07. The van der Waals surface area contributed by atoms with Crippen LogP contribution in [0, 0.1) is 34.0 Å². The first-order valence-electron chi connectivity index (χ1n) is 20.5. The molecule has 0 aromatic rings. The standard InChI is InChI=1S/C42H74N2O10/c1-36(2,3)53-34(48)43-22-14-15-27(44-35(49)54-37(4,5)6)33(47)51-29-24-41(12)25-16-17-26(28(45)23-25)38(7,8)30(46)18-20-40(41,11)32(29)42(13)21-19-31(52-42)39(9,10)50/h25-32,45-46,50H,14-24H2,1-13H3,(H,43,48)(H,44,49)/t25?,26-,27-,28-,29-,30-,31-,32-,40+,41-,42+/m0/s1. The Balaban J connectivity index is 1.70. The van der Waals surface area contributed by atoms with Crippen molar-refractivity contribution >= 4 is 18.2 Å². The van der Waals surface area contributed by atoms with Crippen LogP contribution in [0.3, 0.4) is 0 Å². The van der Waals surface area contributed by atoms with Gasteiger partial charge in [0.2, 0.25) is 0 Å². The monoisotopic (exact) mass is 767 g/mol. The van der Waals surface area contributed by atoms with Crippen LogP contribution in [0.5, 0.6) is 0 Å². The average molecular weight is 767 g/mol. The van der Waals surface area contributed by atoms with Gasteiger partial charge in [-0.25, -0.2) is 14.4 Å². The van der Waals surface area contributed by atoms with Gasteiger partial charge in [-0.2, -0.15) is 0 Å². The number of amides is 2. The van der Waals surface area contributed by atoms with Gasteiger partial charge in [-0.1, -0.05) is 27.7 Å². The van der Waals surface area contributed by atoms with E-state index in [0.29, 0.717) is 44.9 Å². The molecule has 1 unspecified atom stereocenters. The van der Waals surface area contributed by atoms with Crippen LogP contribution >= 0.6 is 0 Å². The van der Waals surface area contributed by atoms with Crippen molar-refractivity contribution in [2.24, 2.45) is 34.0 Å².